The van der Waals surface area contributed by atoms with Gasteiger partial charge in [0.15, 0.2) is 0 Å². The molecule has 0 aliphatic carbocycles. The molecule has 0 saturated carbocycles. The van der Waals surface area contributed by atoms with Crippen molar-refractivity contribution in [2.75, 3.05) is 6.54 Å². The van der Waals surface area contributed by atoms with Crippen molar-refractivity contribution in [1.29, 1.82) is 0 Å². The Balaban J connectivity index is 2.26. The summed E-state index contributed by atoms with van der Waals surface area (Å²) in [5.74, 6) is -1.33. The molecule has 1 aliphatic heterocycles. The second kappa shape index (κ2) is 5.52. The second-order valence-electron chi connectivity index (χ2n) is 4.41. The van der Waals surface area contributed by atoms with Crippen LogP contribution >= 0.6 is 11.8 Å². The van der Waals surface area contributed by atoms with E-state index in [1.807, 2.05) is 30.3 Å². The highest BCUT2D eigenvalue weighted by atomic mass is 35.5. The Kier molecular flexibility index (Phi) is 4.02. The van der Waals surface area contributed by atoms with Crippen LogP contribution < -0.4 is 0 Å². The first-order chi connectivity index (χ1) is 8.20. The number of piperidine rings is 1. The molecule has 0 aromatic heterocycles. The summed E-state index contributed by atoms with van der Waals surface area (Å²) in [5.41, 5.74) is 0.831. The predicted molar refractivity (Wildman–Crippen MR) is 67.0 cm³/mol. The average Bonchev–Trinajstić information content (AvgIpc) is 2.33. The molecule has 3 nitrogen and oxygen atoms in total. The van der Waals surface area contributed by atoms with E-state index in [4.69, 9.17) is 11.8 Å². The number of carbonyl (C=O) groups is 1. The zero-order valence-corrected chi connectivity index (χ0v) is 10.3. The number of hydrogen-bond acceptors (Lipinski definition) is 2. The number of halogens is 1. The van der Waals surface area contributed by atoms with Gasteiger partial charge < -0.3 is 5.11 Å². The monoisotopic (exact) mass is 253 g/mol. The van der Waals surface area contributed by atoms with Crippen LogP contribution in [0.3, 0.4) is 0 Å². The summed E-state index contributed by atoms with van der Waals surface area (Å²) in [4.78, 5) is 11.5. The van der Waals surface area contributed by atoms with Crippen LogP contribution in [-0.4, -0.2) is 28.1 Å². The molecule has 2 rings (SSSR count). The fraction of sp³-hybridized carbons (Fsp3) is 0.462. The van der Waals surface area contributed by atoms with Crippen molar-refractivity contribution >= 4 is 17.7 Å². The van der Waals surface area contributed by atoms with Crippen molar-refractivity contribution in [1.82, 2.24) is 4.42 Å². The van der Waals surface area contributed by atoms with Gasteiger partial charge in [0.25, 0.3) is 0 Å². The highest BCUT2D eigenvalue weighted by molar-refractivity contribution is 6.13. The first-order valence-electron chi connectivity index (χ1n) is 5.90. The van der Waals surface area contributed by atoms with Crippen molar-refractivity contribution in [3.63, 3.8) is 0 Å². The Morgan fingerprint density at radius 3 is 2.65 bits per heavy atom. The number of carboxylic acid groups (broad SMARTS) is 1. The van der Waals surface area contributed by atoms with Gasteiger partial charge in [0.05, 0.1) is 5.92 Å². The number of nitrogens with zero attached hydrogens (tertiary/aromatic N) is 1. The minimum atomic E-state index is -0.797. The molecule has 2 atom stereocenters. The molecule has 0 amide bonds. The molecular weight excluding hydrogens is 238 g/mol. The van der Waals surface area contributed by atoms with E-state index >= 15 is 0 Å². The van der Waals surface area contributed by atoms with Gasteiger partial charge in [-0.2, -0.15) is 0 Å². The summed E-state index contributed by atoms with van der Waals surface area (Å²) in [5, 5.41) is 9.41. The minimum absolute atomic E-state index is 0.106. The summed E-state index contributed by atoms with van der Waals surface area (Å²) < 4.78 is 1.66. The third-order valence-corrected chi connectivity index (χ3v) is 3.71. The van der Waals surface area contributed by atoms with Crippen molar-refractivity contribution in [2.24, 2.45) is 0 Å². The lowest BCUT2D eigenvalue weighted by atomic mass is 9.86. The first kappa shape index (κ1) is 12.4. The zero-order chi connectivity index (χ0) is 12.3. The van der Waals surface area contributed by atoms with Crippen molar-refractivity contribution < 1.29 is 9.90 Å². The zero-order valence-electron chi connectivity index (χ0n) is 9.55. The van der Waals surface area contributed by atoms with Crippen LogP contribution in [0, 0.1) is 0 Å². The maximum Gasteiger partial charge on any atom is 0.312 e. The average molecular weight is 254 g/mol. The maximum absolute atomic E-state index is 11.5. The van der Waals surface area contributed by atoms with E-state index in [0.29, 0.717) is 0 Å². The fourth-order valence-corrected chi connectivity index (χ4v) is 2.77. The van der Waals surface area contributed by atoms with Gasteiger partial charge in [-0.25, -0.2) is 4.42 Å². The lowest BCUT2D eigenvalue weighted by Gasteiger charge is -2.34. The molecule has 2 unspecified atom stereocenters. The number of benzene rings is 1. The van der Waals surface area contributed by atoms with E-state index in [9.17, 15) is 9.90 Å². The molecule has 4 heteroatoms. The van der Waals surface area contributed by atoms with Crippen LogP contribution in [0.1, 0.15) is 30.7 Å². The van der Waals surface area contributed by atoms with Crippen molar-refractivity contribution in [3.8, 4) is 0 Å². The predicted octanol–water partition coefficient (Wildman–Crippen LogP) is 2.86. The Hall–Kier alpha value is -1.06. The molecule has 1 aromatic carbocycles. The van der Waals surface area contributed by atoms with Gasteiger partial charge >= 0.3 is 5.97 Å². The van der Waals surface area contributed by atoms with Gasteiger partial charge in [-0.15, -0.1) is 0 Å². The highest BCUT2D eigenvalue weighted by Gasteiger charge is 2.34. The summed E-state index contributed by atoms with van der Waals surface area (Å²) in [6.07, 6.45) is 2.93. The number of hydrogen-bond donors (Lipinski definition) is 1. The molecule has 1 saturated heterocycles. The molecular formula is C13H16ClNO2. The van der Waals surface area contributed by atoms with Crippen molar-refractivity contribution in [2.45, 2.75) is 31.2 Å². The molecule has 1 fully saturated rings. The Morgan fingerprint density at radius 1 is 1.35 bits per heavy atom. The molecule has 0 spiro atoms. The van der Waals surface area contributed by atoms with Gasteiger partial charge in [-0.3, -0.25) is 4.79 Å². The van der Waals surface area contributed by atoms with Crippen LogP contribution in [0.25, 0.3) is 0 Å². The van der Waals surface area contributed by atoms with Gasteiger partial charge in [0, 0.05) is 12.6 Å². The summed E-state index contributed by atoms with van der Waals surface area (Å²) in [7, 11) is 0. The van der Waals surface area contributed by atoms with E-state index in [1.54, 1.807) is 4.42 Å². The lowest BCUT2D eigenvalue weighted by Crippen LogP contribution is -2.40. The Labute approximate surface area is 106 Å². The van der Waals surface area contributed by atoms with Gasteiger partial charge in [0.2, 0.25) is 0 Å². The number of carboxylic acids is 1. The topological polar surface area (TPSA) is 40.5 Å². The smallest absolute Gasteiger partial charge is 0.312 e. The molecule has 17 heavy (non-hydrogen) atoms. The molecule has 1 aromatic rings. The van der Waals surface area contributed by atoms with Crippen molar-refractivity contribution in [3.05, 3.63) is 35.9 Å². The lowest BCUT2D eigenvalue weighted by molar-refractivity contribution is -0.140. The minimum Gasteiger partial charge on any atom is -0.481 e. The third kappa shape index (κ3) is 2.79. The third-order valence-electron chi connectivity index (χ3n) is 3.29. The summed E-state index contributed by atoms with van der Waals surface area (Å²) >= 11 is 6.14. The van der Waals surface area contributed by atoms with Crippen LogP contribution in [-0.2, 0) is 4.79 Å². The SMILES string of the molecule is O=C(O)C(c1ccccc1)C1CCCCN1Cl. The van der Waals surface area contributed by atoms with Gasteiger partial charge in [-0.05, 0) is 30.2 Å². The molecule has 1 aliphatic rings. The second-order valence-corrected chi connectivity index (χ2v) is 4.85. The van der Waals surface area contributed by atoms with Gasteiger partial charge in [-0.1, -0.05) is 36.8 Å². The quantitative estimate of drug-likeness (QED) is 0.842. The Morgan fingerprint density at radius 2 is 2.06 bits per heavy atom. The van der Waals surface area contributed by atoms with Crippen LogP contribution in [0.15, 0.2) is 30.3 Å². The summed E-state index contributed by atoms with van der Waals surface area (Å²) in [6, 6.07) is 9.24. The van der Waals surface area contributed by atoms with E-state index in [1.165, 1.54) is 0 Å². The van der Waals surface area contributed by atoms with Gasteiger partial charge in [0.1, 0.15) is 0 Å². The number of aliphatic carboxylic acids is 1. The maximum atomic E-state index is 11.5. The largest absolute Gasteiger partial charge is 0.481 e. The summed E-state index contributed by atoms with van der Waals surface area (Å²) in [6.45, 7) is 0.767. The van der Waals surface area contributed by atoms with E-state index in [0.717, 1.165) is 31.4 Å². The highest BCUT2D eigenvalue weighted by Crippen LogP contribution is 2.31. The van der Waals surface area contributed by atoms with E-state index < -0.39 is 11.9 Å². The number of rotatable bonds is 3. The molecule has 1 heterocycles. The van der Waals surface area contributed by atoms with E-state index in [-0.39, 0.29) is 6.04 Å². The fourth-order valence-electron chi connectivity index (χ4n) is 2.44. The molecule has 0 radical (unpaired) electrons. The van der Waals surface area contributed by atoms with E-state index in [2.05, 4.69) is 0 Å². The first-order valence-corrected chi connectivity index (χ1v) is 6.24. The Bertz CT molecular complexity index is 382. The standard InChI is InChI=1S/C13H16ClNO2/c14-15-9-5-4-8-11(15)12(13(16)17)10-6-2-1-3-7-10/h1-3,6-7,11-12H,4-5,8-9H2,(H,16,17). The molecule has 1 N–H and O–H groups in total. The molecule has 0 bridgehead atoms. The van der Waals surface area contributed by atoms with Crippen LogP contribution in [0.4, 0.5) is 0 Å². The van der Waals surface area contributed by atoms with Crippen LogP contribution in [0.2, 0.25) is 0 Å². The van der Waals surface area contributed by atoms with Crippen LogP contribution in [0.5, 0.6) is 0 Å². The normalized spacial score (nSPS) is 23.2. The molecule has 92 valence electrons.